The van der Waals surface area contributed by atoms with Gasteiger partial charge in [-0.3, -0.25) is 9.78 Å². The zero-order chi connectivity index (χ0) is 17.6. The van der Waals surface area contributed by atoms with E-state index in [2.05, 4.69) is 15.3 Å². The highest BCUT2D eigenvalue weighted by molar-refractivity contribution is 5.46. The number of hydrogen-bond donors (Lipinski definition) is 1. The number of benzene rings is 1. The summed E-state index contributed by atoms with van der Waals surface area (Å²) < 4.78 is 7.09. The summed E-state index contributed by atoms with van der Waals surface area (Å²) in [6, 6.07) is 13.0. The third-order valence-corrected chi connectivity index (χ3v) is 3.97. The van der Waals surface area contributed by atoms with Crippen LogP contribution in [0.2, 0.25) is 0 Å². The molecule has 0 saturated carbocycles. The molecule has 6 nitrogen and oxygen atoms in total. The fourth-order valence-corrected chi connectivity index (χ4v) is 2.69. The lowest BCUT2D eigenvalue weighted by molar-refractivity contribution is 0.408. The summed E-state index contributed by atoms with van der Waals surface area (Å²) in [6.07, 6.45) is 5.01. The molecule has 0 amide bonds. The van der Waals surface area contributed by atoms with Crippen molar-refractivity contribution < 1.29 is 4.74 Å². The third-order valence-electron chi connectivity index (χ3n) is 3.97. The van der Waals surface area contributed by atoms with E-state index in [1.54, 1.807) is 30.3 Å². The average molecular weight is 336 g/mol. The van der Waals surface area contributed by atoms with Gasteiger partial charge in [0.2, 0.25) is 0 Å². The summed E-state index contributed by atoms with van der Waals surface area (Å²) in [7, 11) is 1.62. The number of aryl methyl sites for hydroxylation is 1. The van der Waals surface area contributed by atoms with Gasteiger partial charge in [-0.05, 0) is 25.1 Å². The Kier molecular flexibility index (Phi) is 5.09. The largest absolute Gasteiger partial charge is 0.496 e. The van der Waals surface area contributed by atoms with Gasteiger partial charge in [-0.25, -0.2) is 4.98 Å². The van der Waals surface area contributed by atoms with Gasteiger partial charge < -0.3 is 14.6 Å². The van der Waals surface area contributed by atoms with Gasteiger partial charge in [-0.2, -0.15) is 0 Å². The predicted molar refractivity (Wildman–Crippen MR) is 96.9 cm³/mol. The minimum Gasteiger partial charge on any atom is -0.496 e. The molecule has 0 fully saturated rings. The molecule has 1 aromatic carbocycles. The van der Waals surface area contributed by atoms with Gasteiger partial charge >= 0.3 is 0 Å². The number of aromatic nitrogens is 3. The van der Waals surface area contributed by atoms with Crippen molar-refractivity contribution in [3.8, 4) is 5.75 Å². The summed E-state index contributed by atoms with van der Waals surface area (Å²) in [5.41, 5.74) is 1.50. The van der Waals surface area contributed by atoms with Gasteiger partial charge in [-0.15, -0.1) is 0 Å². The van der Waals surface area contributed by atoms with Crippen LogP contribution in [0.1, 0.15) is 24.2 Å². The molecule has 25 heavy (non-hydrogen) atoms. The molecule has 3 aromatic rings. The van der Waals surface area contributed by atoms with E-state index in [1.807, 2.05) is 49.4 Å². The number of anilines is 1. The van der Waals surface area contributed by atoms with Crippen LogP contribution in [-0.4, -0.2) is 21.6 Å². The van der Waals surface area contributed by atoms with Gasteiger partial charge in [0.05, 0.1) is 18.8 Å². The van der Waals surface area contributed by atoms with Gasteiger partial charge in [0.25, 0.3) is 5.56 Å². The lowest BCUT2D eigenvalue weighted by Crippen LogP contribution is -2.26. The summed E-state index contributed by atoms with van der Waals surface area (Å²) in [5.74, 6) is 1.00. The van der Waals surface area contributed by atoms with Crippen LogP contribution in [0.5, 0.6) is 5.75 Å². The Labute approximate surface area is 146 Å². The van der Waals surface area contributed by atoms with Crippen molar-refractivity contribution in [1.29, 1.82) is 0 Å². The monoisotopic (exact) mass is 336 g/mol. The normalized spacial score (nSPS) is 11.8. The molecule has 0 aliphatic carbocycles. The Bertz CT molecular complexity index is 893. The number of para-hydroxylation sites is 1. The smallest absolute Gasteiger partial charge is 0.293 e. The molecule has 2 aromatic heterocycles. The summed E-state index contributed by atoms with van der Waals surface area (Å²) >= 11 is 0. The molecule has 0 spiro atoms. The number of rotatable bonds is 6. The maximum absolute atomic E-state index is 12.5. The molecule has 1 atom stereocenters. The summed E-state index contributed by atoms with van der Waals surface area (Å²) in [4.78, 5) is 21.2. The Morgan fingerprint density at radius 1 is 1.12 bits per heavy atom. The van der Waals surface area contributed by atoms with E-state index in [0.29, 0.717) is 6.54 Å². The van der Waals surface area contributed by atoms with Crippen LogP contribution in [-0.2, 0) is 6.54 Å². The van der Waals surface area contributed by atoms with Crippen LogP contribution < -0.4 is 15.6 Å². The first kappa shape index (κ1) is 16.7. The van der Waals surface area contributed by atoms with Crippen LogP contribution in [0.4, 0.5) is 5.82 Å². The minimum absolute atomic E-state index is 0.166. The predicted octanol–water partition coefficient (Wildman–Crippen LogP) is 2.87. The highest BCUT2D eigenvalue weighted by Crippen LogP contribution is 2.30. The van der Waals surface area contributed by atoms with Crippen molar-refractivity contribution >= 4 is 5.82 Å². The van der Waals surface area contributed by atoms with E-state index >= 15 is 0 Å². The molecule has 0 aliphatic heterocycles. The van der Waals surface area contributed by atoms with E-state index in [1.165, 1.54) is 0 Å². The molecule has 3 rings (SSSR count). The minimum atomic E-state index is -0.356. The van der Waals surface area contributed by atoms with Crippen LogP contribution >= 0.6 is 0 Å². The maximum Gasteiger partial charge on any atom is 0.293 e. The zero-order valence-corrected chi connectivity index (χ0v) is 14.2. The molecule has 0 unspecified atom stereocenters. The Balaban J connectivity index is 2.09. The van der Waals surface area contributed by atoms with E-state index in [9.17, 15) is 4.79 Å². The van der Waals surface area contributed by atoms with Crippen LogP contribution in [0.25, 0.3) is 0 Å². The van der Waals surface area contributed by atoms with Crippen molar-refractivity contribution in [3.05, 3.63) is 82.7 Å². The molecule has 128 valence electrons. The van der Waals surface area contributed by atoms with Crippen molar-refractivity contribution in [2.75, 3.05) is 12.4 Å². The Hall–Kier alpha value is -3.15. The van der Waals surface area contributed by atoms with Crippen molar-refractivity contribution in [2.45, 2.75) is 19.5 Å². The number of pyridine rings is 1. The molecule has 0 bridgehead atoms. The molecular weight excluding hydrogens is 316 g/mol. The SMILES string of the molecule is CCn1ccnc(N[C@H](c2ccccn2)c2ccccc2OC)c1=O. The highest BCUT2D eigenvalue weighted by Gasteiger charge is 2.21. The van der Waals surface area contributed by atoms with Crippen molar-refractivity contribution in [1.82, 2.24) is 14.5 Å². The first-order valence-electron chi connectivity index (χ1n) is 8.10. The van der Waals surface area contributed by atoms with Crippen molar-refractivity contribution in [2.24, 2.45) is 0 Å². The lowest BCUT2D eigenvalue weighted by Gasteiger charge is -2.21. The van der Waals surface area contributed by atoms with Crippen molar-refractivity contribution in [3.63, 3.8) is 0 Å². The average Bonchev–Trinajstić information content (AvgIpc) is 2.68. The fraction of sp³-hybridized carbons (Fsp3) is 0.211. The fourth-order valence-electron chi connectivity index (χ4n) is 2.69. The quantitative estimate of drug-likeness (QED) is 0.749. The molecule has 0 radical (unpaired) electrons. The topological polar surface area (TPSA) is 69.0 Å². The van der Waals surface area contributed by atoms with Gasteiger partial charge in [0, 0.05) is 30.7 Å². The van der Waals surface area contributed by atoms with E-state index in [0.717, 1.165) is 17.0 Å². The second-order valence-electron chi connectivity index (χ2n) is 5.44. The molecular formula is C19H20N4O2. The first-order chi connectivity index (χ1) is 12.2. The third kappa shape index (κ3) is 3.52. The molecule has 2 heterocycles. The van der Waals surface area contributed by atoms with Gasteiger partial charge in [0.15, 0.2) is 5.82 Å². The summed E-state index contributed by atoms with van der Waals surface area (Å²) in [6.45, 7) is 2.50. The zero-order valence-electron chi connectivity index (χ0n) is 14.2. The lowest BCUT2D eigenvalue weighted by atomic mass is 10.0. The first-order valence-corrected chi connectivity index (χ1v) is 8.10. The molecule has 0 aliphatic rings. The Morgan fingerprint density at radius 3 is 2.64 bits per heavy atom. The van der Waals surface area contributed by atoms with Crippen LogP contribution in [0.3, 0.4) is 0 Å². The van der Waals surface area contributed by atoms with Crippen LogP contribution in [0, 0.1) is 0 Å². The molecule has 6 heteroatoms. The number of methoxy groups -OCH3 is 1. The highest BCUT2D eigenvalue weighted by atomic mass is 16.5. The van der Waals surface area contributed by atoms with Gasteiger partial charge in [-0.1, -0.05) is 24.3 Å². The molecule has 0 saturated heterocycles. The number of nitrogens with zero attached hydrogens (tertiary/aromatic N) is 3. The number of hydrogen-bond acceptors (Lipinski definition) is 5. The summed E-state index contributed by atoms with van der Waals surface area (Å²) in [5, 5.41) is 3.24. The van der Waals surface area contributed by atoms with E-state index in [-0.39, 0.29) is 17.4 Å². The standard InChI is InChI=1S/C19H20N4O2/c1-3-23-13-12-21-18(19(23)24)22-17(15-9-6-7-11-20-15)14-8-4-5-10-16(14)25-2/h4-13,17H,3H2,1-2H3,(H,21,22)/t17-/m0/s1. The second-order valence-corrected chi connectivity index (χ2v) is 5.44. The number of nitrogens with one attached hydrogen (secondary N) is 1. The molecule has 1 N–H and O–H groups in total. The number of ether oxygens (including phenoxy) is 1. The van der Waals surface area contributed by atoms with E-state index < -0.39 is 0 Å². The Morgan fingerprint density at radius 2 is 1.92 bits per heavy atom. The van der Waals surface area contributed by atoms with Crippen LogP contribution in [0.15, 0.2) is 65.8 Å². The maximum atomic E-state index is 12.5. The van der Waals surface area contributed by atoms with E-state index in [4.69, 9.17) is 4.74 Å². The second kappa shape index (κ2) is 7.61. The van der Waals surface area contributed by atoms with Gasteiger partial charge in [0.1, 0.15) is 5.75 Å².